The minimum Gasteiger partial charge on any atom is -0.395 e. The Hall–Kier alpha value is -2.17. The molecule has 180 valence electrons. The highest BCUT2D eigenvalue weighted by Crippen LogP contribution is 2.42. The SMILES string of the molecule is O=S(=O)(c1ccccc1)N1CCCCN2[C@H](C1)[C@@H](c1ccc(C#CC3CCCC3)cc1)[C@@H]2CO. The molecule has 2 aromatic carbocycles. The largest absolute Gasteiger partial charge is 0.395 e. The van der Waals surface area contributed by atoms with Crippen LogP contribution in [0.1, 0.15) is 55.6 Å². The molecule has 2 aromatic rings. The first-order valence-corrected chi connectivity index (χ1v) is 14.1. The third kappa shape index (κ3) is 4.67. The summed E-state index contributed by atoms with van der Waals surface area (Å²) in [6, 6.07) is 17.2. The lowest BCUT2D eigenvalue weighted by atomic mass is 9.74. The van der Waals surface area contributed by atoms with Crippen molar-refractivity contribution in [1.29, 1.82) is 0 Å². The van der Waals surface area contributed by atoms with Gasteiger partial charge in [0.15, 0.2) is 0 Å². The number of hydrogen-bond donors (Lipinski definition) is 1. The molecule has 2 heterocycles. The normalized spacial score (nSPS) is 26.6. The van der Waals surface area contributed by atoms with Crippen LogP contribution in [0.4, 0.5) is 0 Å². The summed E-state index contributed by atoms with van der Waals surface area (Å²) in [6.07, 6.45) is 6.76. The summed E-state index contributed by atoms with van der Waals surface area (Å²) in [6.45, 7) is 1.96. The third-order valence-corrected chi connectivity index (χ3v) is 9.66. The standard InChI is InChI=1S/C28H34N2O3S/c31-21-27-28(24-16-14-23(15-17-24)13-12-22-8-4-5-9-22)26-20-29(18-6-7-19-30(26)27)34(32,33)25-10-2-1-3-11-25/h1-3,10-11,14-17,22,26-28,31H,4-9,18-21H2/t26-,27+,28-/m1/s1. The van der Waals surface area contributed by atoms with Crippen molar-refractivity contribution in [2.45, 2.75) is 61.4 Å². The van der Waals surface area contributed by atoms with Crippen LogP contribution in [0.5, 0.6) is 0 Å². The molecule has 3 fully saturated rings. The van der Waals surface area contributed by atoms with Gasteiger partial charge in [0, 0.05) is 42.6 Å². The van der Waals surface area contributed by atoms with Gasteiger partial charge in [-0.2, -0.15) is 4.31 Å². The van der Waals surface area contributed by atoms with Gasteiger partial charge in [-0.25, -0.2) is 8.42 Å². The molecule has 0 aromatic heterocycles. The Morgan fingerprint density at radius 2 is 1.62 bits per heavy atom. The van der Waals surface area contributed by atoms with Crippen LogP contribution in [0.2, 0.25) is 0 Å². The van der Waals surface area contributed by atoms with E-state index in [2.05, 4.69) is 41.0 Å². The van der Waals surface area contributed by atoms with Crippen molar-refractivity contribution in [2.24, 2.45) is 5.92 Å². The highest BCUT2D eigenvalue weighted by molar-refractivity contribution is 7.89. The minimum absolute atomic E-state index is 0.0276. The highest BCUT2D eigenvalue weighted by Gasteiger charge is 2.50. The molecule has 1 aliphatic carbocycles. The molecule has 1 N–H and O–H groups in total. The van der Waals surface area contributed by atoms with E-state index >= 15 is 0 Å². The molecule has 6 heteroatoms. The Bertz CT molecular complexity index is 1130. The van der Waals surface area contributed by atoms with Crippen molar-refractivity contribution in [3.8, 4) is 11.8 Å². The van der Waals surface area contributed by atoms with E-state index < -0.39 is 10.0 Å². The molecule has 0 spiro atoms. The van der Waals surface area contributed by atoms with Gasteiger partial charge in [-0.05, 0) is 62.1 Å². The number of sulfonamides is 1. The summed E-state index contributed by atoms with van der Waals surface area (Å²) in [5, 5.41) is 10.2. The molecule has 0 unspecified atom stereocenters. The maximum Gasteiger partial charge on any atom is 0.243 e. The van der Waals surface area contributed by atoms with E-state index in [0.29, 0.717) is 23.9 Å². The van der Waals surface area contributed by atoms with E-state index in [9.17, 15) is 13.5 Å². The monoisotopic (exact) mass is 478 g/mol. The van der Waals surface area contributed by atoms with Gasteiger partial charge in [0.1, 0.15) is 0 Å². The molecule has 0 amide bonds. The summed E-state index contributed by atoms with van der Waals surface area (Å²) in [5.41, 5.74) is 2.18. The second kappa shape index (κ2) is 10.2. The molecule has 3 atom stereocenters. The van der Waals surface area contributed by atoms with Gasteiger partial charge in [-0.1, -0.05) is 55.0 Å². The molecule has 34 heavy (non-hydrogen) atoms. The van der Waals surface area contributed by atoms with Gasteiger partial charge in [0.25, 0.3) is 0 Å². The molecule has 2 aliphatic heterocycles. The Morgan fingerprint density at radius 3 is 2.32 bits per heavy atom. The molecule has 1 saturated carbocycles. The predicted octanol–water partition coefficient (Wildman–Crippen LogP) is 3.84. The molecule has 5 nitrogen and oxygen atoms in total. The first kappa shape index (κ1) is 23.6. The van der Waals surface area contributed by atoms with Crippen LogP contribution in [0.15, 0.2) is 59.5 Å². The van der Waals surface area contributed by atoms with Gasteiger partial charge in [0.2, 0.25) is 10.0 Å². The molecule has 5 rings (SSSR count). The van der Waals surface area contributed by atoms with Gasteiger partial charge in [-0.15, -0.1) is 0 Å². The summed E-state index contributed by atoms with van der Waals surface area (Å²) in [4.78, 5) is 2.66. The second-order valence-corrected chi connectivity index (χ2v) is 11.8. The summed E-state index contributed by atoms with van der Waals surface area (Å²) < 4.78 is 28.4. The zero-order valence-corrected chi connectivity index (χ0v) is 20.5. The number of fused-ring (bicyclic) bond motifs is 1. The van der Waals surface area contributed by atoms with Gasteiger partial charge >= 0.3 is 0 Å². The average molecular weight is 479 g/mol. The van der Waals surface area contributed by atoms with Crippen molar-refractivity contribution in [1.82, 2.24) is 9.21 Å². The van der Waals surface area contributed by atoms with Gasteiger partial charge in [-0.3, -0.25) is 4.90 Å². The van der Waals surface area contributed by atoms with Crippen molar-refractivity contribution < 1.29 is 13.5 Å². The van der Waals surface area contributed by atoms with Crippen LogP contribution in [0.3, 0.4) is 0 Å². The molecule has 0 bridgehead atoms. The predicted molar refractivity (Wildman–Crippen MR) is 134 cm³/mol. The van der Waals surface area contributed by atoms with Crippen LogP contribution in [0, 0.1) is 17.8 Å². The van der Waals surface area contributed by atoms with E-state index in [4.69, 9.17) is 0 Å². The van der Waals surface area contributed by atoms with Crippen LogP contribution in [0.25, 0.3) is 0 Å². The van der Waals surface area contributed by atoms with Crippen molar-refractivity contribution in [3.63, 3.8) is 0 Å². The number of nitrogens with zero attached hydrogens (tertiary/aromatic N) is 2. The topological polar surface area (TPSA) is 60.9 Å². The molecular formula is C28H34N2O3S. The van der Waals surface area contributed by atoms with E-state index in [1.54, 1.807) is 28.6 Å². The van der Waals surface area contributed by atoms with Crippen molar-refractivity contribution >= 4 is 10.0 Å². The lowest BCUT2D eigenvalue weighted by Crippen LogP contribution is -2.67. The summed E-state index contributed by atoms with van der Waals surface area (Å²) in [7, 11) is -3.55. The number of aliphatic hydroxyl groups is 1. The Kier molecular flexibility index (Phi) is 7.08. The van der Waals surface area contributed by atoms with E-state index in [1.165, 1.54) is 25.7 Å². The number of rotatable bonds is 4. The fourth-order valence-corrected chi connectivity index (χ4v) is 7.43. The number of hydrogen-bond acceptors (Lipinski definition) is 4. The zero-order chi connectivity index (χ0) is 23.5. The van der Waals surface area contributed by atoms with Crippen LogP contribution >= 0.6 is 0 Å². The minimum atomic E-state index is -3.55. The van der Waals surface area contributed by atoms with Crippen LogP contribution in [-0.4, -0.2) is 61.1 Å². The Labute approximate surface area is 203 Å². The van der Waals surface area contributed by atoms with Gasteiger partial charge < -0.3 is 5.11 Å². The summed E-state index contributed by atoms with van der Waals surface area (Å²) >= 11 is 0. The van der Waals surface area contributed by atoms with E-state index in [0.717, 1.165) is 30.5 Å². The average Bonchev–Trinajstić information content (AvgIpc) is 3.37. The molecule has 3 aliphatic rings. The van der Waals surface area contributed by atoms with Crippen LogP contribution < -0.4 is 0 Å². The van der Waals surface area contributed by atoms with E-state index in [1.807, 2.05) is 6.07 Å². The fraction of sp³-hybridized carbons (Fsp3) is 0.500. The number of benzene rings is 2. The fourth-order valence-electron chi connectivity index (χ4n) is 5.91. The summed E-state index contributed by atoms with van der Waals surface area (Å²) in [5.74, 6) is 7.40. The maximum absolute atomic E-state index is 13.4. The maximum atomic E-state index is 13.4. The quantitative estimate of drug-likeness (QED) is 0.679. The Balaban J connectivity index is 1.37. The first-order chi connectivity index (χ1) is 16.6. The van der Waals surface area contributed by atoms with E-state index in [-0.39, 0.29) is 24.6 Å². The molecule has 0 radical (unpaired) electrons. The van der Waals surface area contributed by atoms with Crippen molar-refractivity contribution in [3.05, 3.63) is 65.7 Å². The third-order valence-electron chi connectivity index (χ3n) is 7.78. The molecule has 2 saturated heterocycles. The van der Waals surface area contributed by atoms with Gasteiger partial charge in [0.05, 0.1) is 11.5 Å². The Morgan fingerprint density at radius 1 is 0.912 bits per heavy atom. The number of aliphatic hydroxyl groups excluding tert-OH is 1. The van der Waals surface area contributed by atoms with Crippen molar-refractivity contribution in [2.75, 3.05) is 26.2 Å². The van der Waals surface area contributed by atoms with Crippen LogP contribution in [-0.2, 0) is 10.0 Å². The smallest absolute Gasteiger partial charge is 0.243 e. The lowest BCUT2D eigenvalue weighted by Gasteiger charge is -2.57. The zero-order valence-electron chi connectivity index (χ0n) is 19.6. The molecular weight excluding hydrogens is 444 g/mol. The first-order valence-electron chi connectivity index (χ1n) is 12.6. The lowest BCUT2D eigenvalue weighted by molar-refractivity contribution is -0.0553. The highest BCUT2D eigenvalue weighted by atomic mass is 32.2. The second-order valence-electron chi connectivity index (χ2n) is 9.84.